The summed E-state index contributed by atoms with van der Waals surface area (Å²) >= 11 is 5.64. The number of halogens is 5. The number of nitriles is 1. The first-order valence-electron chi connectivity index (χ1n) is 10.1. The minimum atomic E-state index is -4.86. The van der Waals surface area contributed by atoms with Gasteiger partial charge in [-0.25, -0.2) is 9.18 Å². The van der Waals surface area contributed by atoms with E-state index in [1.165, 1.54) is 42.7 Å². The Morgan fingerprint density at radius 2 is 1.92 bits per heavy atom. The number of ether oxygens (including phenoxy) is 2. The van der Waals surface area contributed by atoms with Crippen LogP contribution in [0.25, 0.3) is 0 Å². The lowest BCUT2D eigenvalue weighted by molar-refractivity contribution is -0.138. The first-order chi connectivity index (χ1) is 16.9. The summed E-state index contributed by atoms with van der Waals surface area (Å²) in [5.41, 5.74) is -4.32. The second kappa shape index (κ2) is 10.6. The van der Waals surface area contributed by atoms with Crippen molar-refractivity contribution in [2.45, 2.75) is 18.7 Å². The van der Waals surface area contributed by atoms with E-state index in [4.69, 9.17) is 26.3 Å². The van der Waals surface area contributed by atoms with Gasteiger partial charge in [-0.15, -0.1) is 0 Å². The molecule has 0 fully saturated rings. The van der Waals surface area contributed by atoms with Gasteiger partial charge in [-0.3, -0.25) is 9.78 Å². The molecule has 2 aromatic carbocycles. The maximum atomic E-state index is 13.8. The number of hydrogen-bond donors (Lipinski definition) is 1. The molecule has 0 radical (unpaired) electrons. The van der Waals surface area contributed by atoms with Crippen LogP contribution in [-0.4, -0.2) is 29.1 Å². The Labute approximate surface area is 207 Å². The van der Waals surface area contributed by atoms with E-state index in [0.29, 0.717) is 6.07 Å². The van der Waals surface area contributed by atoms with Gasteiger partial charge in [-0.2, -0.15) is 18.4 Å². The number of pyridine rings is 1. The molecule has 0 aliphatic rings. The highest BCUT2D eigenvalue weighted by Gasteiger charge is 2.40. The Morgan fingerprint density at radius 3 is 2.53 bits per heavy atom. The Hall–Kier alpha value is -4.17. The standard InChI is InChI=1S/C24H16ClF4N3O4/c1-23(36-21(33)15-3-2-8-31-12-15,13-35-17-6-7-19(25)20(26)10-17)22(34)32-16-5-4-14(11-30)18(9-16)24(27,28)29/h2-10,12H,13H2,1H3,(H,32,34)/t23-/m0/s1. The lowest BCUT2D eigenvalue weighted by Gasteiger charge is -2.28. The molecule has 1 amide bonds. The zero-order valence-corrected chi connectivity index (χ0v) is 19.2. The van der Waals surface area contributed by atoms with Crippen molar-refractivity contribution >= 4 is 29.2 Å². The average Bonchev–Trinajstić information content (AvgIpc) is 2.84. The summed E-state index contributed by atoms with van der Waals surface area (Å²) in [4.78, 5) is 29.6. The molecule has 186 valence electrons. The van der Waals surface area contributed by atoms with E-state index in [2.05, 4.69) is 10.3 Å². The maximum Gasteiger partial charge on any atom is 0.417 e. The molecule has 0 saturated carbocycles. The maximum absolute atomic E-state index is 13.8. The van der Waals surface area contributed by atoms with Crippen molar-refractivity contribution in [3.63, 3.8) is 0 Å². The van der Waals surface area contributed by atoms with Crippen molar-refractivity contribution in [2.75, 3.05) is 11.9 Å². The Balaban J connectivity index is 1.90. The number of carbonyl (C=O) groups excluding carboxylic acids is 2. The summed E-state index contributed by atoms with van der Waals surface area (Å²) in [6.07, 6.45) is -2.26. The van der Waals surface area contributed by atoms with Gasteiger partial charge in [0.15, 0.2) is 0 Å². The molecule has 36 heavy (non-hydrogen) atoms. The number of benzene rings is 2. The Morgan fingerprint density at radius 1 is 1.17 bits per heavy atom. The fraction of sp³-hybridized carbons (Fsp3) is 0.167. The molecule has 0 saturated heterocycles. The zero-order valence-electron chi connectivity index (χ0n) is 18.4. The van der Waals surface area contributed by atoms with E-state index < -0.39 is 47.2 Å². The van der Waals surface area contributed by atoms with Crippen LogP contribution in [0.1, 0.15) is 28.4 Å². The number of anilines is 1. The number of esters is 1. The van der Waals surface area contributed by atoms with Gasteiger partial charge in [0.05, 0.1) is 27.8 Å². The van der Waals surface area contributed by atoms with Crippen LogP contribution in [0.15, 0.2) is 60.9 Å². The minimum Gasteiger partial charge on any atom is -0.489 e. The lowest BCUT2D eigenvalue weighted by atomic mass is 10.0. The van der Waals surface area contributed by atoms with Crippen LogP contribution < -0.4 is 10.1 Å². The van der Waals surface area contributed by atoms with Crippen molar-refractivity contribution in [3.05, 3.63) is 88.5 Å². The van der Waals surface area contributed by atoms with Gasteiger partial charge in [-0.05, 0) is 49.4 Å². The lowest BCUT2D eigenvalue weighted by Crippen LogP contribution is -2.49. The summed E-state index contributed by atoms with van der Waals surface area (Å²) in [7, 11) is 0. The van der Waals surface area contributed by atoms with Crippen molar-refractivity contribution in [1.29, 1.82) is 5.26 Å². The number of alkyl halides is 3. The molecule has 0 spiro atoms. The number of amides is 1. The number of rotatable bonds is 7. The third-order valence-electron chi connectivity index (χ3n) is 4.80. The normalized spacial score (nSPS) is 12.7. The van der Waals surface area contributed by atoms with Crippen LogP contribution in [0.3, 0.4) is 0 Å². The summed E-state index contributed by atoms with van der Waals surface area (Å²) in [6.45, 7) is 0.519. The van der Waals surface area contributed by atoms with E-state index in [1.54, 1.807) is 0 Å². The zero-order chi connectivity index (χ0) is 26.5. The molecule has 3 rings (SSSR count). The fourth-order valence-corrected chi connectivity index (χ4v) is 3.01. The van der Waals surface area contributed by atoms with Crippen molar-refractivity contribution in [2.24, 2.45) is 0 Å². The van der Waals surface area contributed by atoms with Gasteiger partial charge in [0.25, 0.3) is 5.91 Å². The molecular formula is C24H16ClF4N3O4. The van der Waals surface area contributed by atoms with Crippen LogP contribution >= 0.6 is 11.6 Å². The third-order valence-corrected chi connectivity index (χ3v) is 5.11. The predicted molar refractivity (Wildman–Crippen MR) is 120 cm³/mol. The van der Waals surface area contributed by atoms with E-state index in [-0.39, 0.29) is 22.0 Å². The minimum absolute atomic E-state index is 0.00760. The molecule has 12 heteroatoms. The number of hydrogen-bond acceptors (Lipinski definition) is 6. The van der Waals surface area contributed by atoms with Crippen molar-refractivity contribution in [1.82, 2.24) is 4.98 Å². The van der Waals surface area contributed by atoms with Gasteiger partial charge in [0.2, 0.25) is 5.60 Å². The molecule has 1 N–H and O–H groups in total. The second-order valence-corrected chi connectivity index (χ2v) is 7.96. The highest BCUT2D eigenvalue weighted by atomic mass is 35.5. The molecule has 1 aromatic heterocycles. The van der Waals surface area contributed by atoms with Crippen LogP contribution in [0, 0.1) is 17.1 Å². The van der Waals surface area contributed by atoms with E-state index in [9.17, 15) is 27.2 Å². The molecule has 0 aliphatic carbocycles. The number of carbonyl (C=O) groups is 2. The van der Waals surface area contributed by atoms with Gasteiger partial charge < -0.3 is 14.8 Å². The molecule has 7 nitrogen and oxygen atoms in total. The predicted octanol–water partition coefficient (Wildman–Crippen LogP) is 5.40. The van der Waals surface area contributed by atoms with E-state index in [0.717, 1.165) is 25.1 Å². The first kappa shape index (κ1) is 26.4. The average molecular weight is 522 g/mol. The van der Waals surface area contributed by atoms with Crippen LogP contribution in [0.5, 0.6) is 5.75 Å². The monoisotopic (exact) mass is 521 g/mol. The topological polar surface area (TPSA) is 101 Å². The summed E-state index contributed by atoms with van der Waals surface area (Å²) < 4.78 is 64.5. The van der Waals surface area contributed by atoms with Crippen LogP contribution in [-0.2, 0) is 15.7 Å². The van der Waals surface area contributed by atoms with Gasteiger partial charge in [0, 0.05) is 24.1 Å². The molecule has 1 atom stereocenters. The van der Waals surface area contributed by atoms with Crippen molar-refractivity contribution in [3.8, 4) is 11.8 Å². The Kier molecular flexibility index (Phi) is 7.80. The van der Waals surface area contributed by atoms with Crippen LogP contribution in [0.4, 0.5) is 23.2 Å². The first-order valence-corrected chi connectivity index (χ1v) is 10.4. The second-order valence-electron chi connectivity index (χ2n) is 7.55. The van der Waals surface area contributed by atoms with Gasteiger partial charge in [0.1, 0.15) is 18.2 Å². The van der Waals surface area contributed by atoms with Crippen molar-refractivity contribution < 1.29 is 36.6 Å². The SMILES string of the molecule is C[C@@](COc1ccc(Cl)c(F)c1)(OC(=O)c1cccnc1)C(=O)Nc1ccc(C#N)c(C(F)(F)F)c1. The summed E-state index contributed by atoms with van der Waals surface area (Å²) in [5, 5.41) is 11.0. The van der Waals surface area contributed by atoms with Gasteiger partial charge >= 0.3 is 12.1 Å². The molecule has 3 aromatic rings. The summed E-state index contributed by atoms with van der Waals surface area (Å²) in [6, 6.07) is 10.3. The van der Waals surface area contributed by atoms with E-state index >= 15 is 0 Å². The summed E-state index contributed by atoms with van der Waals surface area (Å²) in [5.74, 6) is -2.87. The number of aromatic nitrogens is 1. The van der Waals surface area contributed by atoms with E-state index in [1.807, 2.05) is 0 Å². The molecular weight excluding hydrogens is 506 g/mol. The number of nitrogens with zero attached hydrogens (tertiary/aromatic N) is 2. The quantitative estimate of drug-likeness (QED) is 0.330. The van der Waals surface area contributed by atoms with Gasteiger partial charge in [-0.1, -0.05) is 11.6 Å². The third kappa shape index (κ3) is 6.28. The smallest absolute Gasteiger partial charge is 0.417 e. The molecule has 0 bridgehead atoms. The fourth-order valence-electron chi connectivity index (χ4n) is 2.89. The number of nitrogens with one attached hydrogen (secondary N) is 1. The molecule has 0 aliphatic heterocycles. The largest absolute Gasteiger partial charge is 0.489 e. The molecule has 0 unspecified atom stereocenters. The highest BCUT2D eigenvalue weighted by molar-refractivity contribution is 6.30. The molecule has 1 heterocycles. The van der Waals surface area contributed by atoms with Crippen LogP contribution in [0.2, 0.25) is 5.02 Å². The highest BCUT2D eigenvalue weighted by Crippen LogP contribution is 2.34. The Bertz CT molecular complexity index is 1330.